The largest absolute Gasteiger partial charge is 0.479 e. The third-order valence-electron chi connectivity index (χ3n) is 4.97. The lowest BCUT2D eigenvalue weighted by Crippen LogP contribution is -2.16. The van der Waals surface area contributed by atoms with Crippen molar-refractivity contribution in [3.05, 3.63) is 54.1 Å². The van der Waals surface area contributed by atoms with E-state index in [-0.39, 0.29) is 6.23 Å². The van der Waals surface area contributed by atoms with Crippen LogP contribution in [0.3, 0.4) is 0 Å². The minimum absolute atomic E-state index is 0.00272. The number of hydrazone groups is 1. The molecule has 6 nitrogen and oxygen atoms in total. The smallest absolute Gasteiger partial charge is 0.240 e. The molecule has 1 unspecified atom stereocenters. The first-order valence-electron chi connectivity index (χ1n) is 12.1. The van der Waals surface area contributed by atoms with Crippen molar-refractivity contribution in [2.24, 2.45) is 5.10 Å². The van der Waals surface area contributed by atoms with Gasteiger partial charge in [-0.2, -0.15) is 0 Å². The number of nitrogens with zero attached hydrogens (tertiary/aromatic N) is 3. The van der Waals surface area contributed by atoms with E-state index >= 15 is 0 Å². The number of fused-ring (bicyclic) bond motifs is 1. The molecule has 0 bridgehead atoms. The van der Waals surface area contributed by atoms with E-state index < -0.39 is 0 Å². The Bertz CT molecular complexity index is 1020. The number of benzene rings is 2. The van der Waals surface area contributed by atoms with Gasteiger partial charge < -0.3 is 9.47 Å². The Labute approximate surface area is 198 Å². The molecule has 178 valence electrons. The van der Waals surface area contributed by atoms with Gasteiger partial charge in [0.25, 0.3) is 0 Å². The monoisotopic (exact) mass is 450 g/mol. The van der Waals surface area contributed by atoms with E-state index in [1.54, 1.807) is 7.11 Å². The summed E-state index contributed by atoms with van der Waals surface area (Å²) in [5.74, 6) is 1.38. The Balaban J connectivity index is 0.000000914. The molecule has 1 aromatic heterocycles. The highest BCUT2D eigenvalue weighted by Crippen LogP contribution is 2.29. The summed E-state index contributed by atoms with van der Waals surface area (Å²) >= 11 is 0. The topological polar surface area (TPSA) is 68.6 Å². The number of unbranched alkanes of at least 4 members (excludes halogenated alkanes) is 2. The summed E-state index contributed by atoms with van der Waals surface area (Å²) < 4.78 is 11.1. The maximum absolute atomic E-state index is 5.56. The molecule has 3 aromatic rings. The van der Waals surface area contributed by atoms with Crippen molar-refractivity contribution in [3.8, 4) is 17.1 Å². The number of para-hydroxylation sites is 2. The van der Waals surface area contributed by atoms with Gasteiger partial charge in [-0.15, -0.1) is 5.10 Å². The van der Waals surface area contributed by atoms with Crippen LogP contribution in [0.25, 0.3) is 22.3 Å². The fraction of sp³-hybridized carbons (Fsp3) is 0.444. The van der Waals surface area contributed by atoms with Crippen molar-refractivity contribution >= 4 is 16.9 Å². The molecule has 0 aliphatic carbocycles. The molecule has 33 heavy (non-hydrogen) atoms. The van der Waals surface area contributed by atoms with Crippen LogP contribution >= 0.6 is 0 Å². The highest BCUT2D eigenvalue weighted by molar-refractivity contribution is 5.79. The Kier molecular flexibility index (Phi) is 11.1. The van der Waals surface area contributed by atoms with Crippen LogP contribution in [0, 0.1) is 0 Å². The predicted molar refractivity (Wildman–Crippen MR) is 138 cm³/mol. The van der Waals surface area contributed by atoms with Gasteiger partial charge >= 0.3 is 0 Å². The zero-order chi connectivity index (χ0) is 24.1. The lowest BCUT2D eigenvalue weighted by molar-refractivity contribution is 0.203. The van der Waals surface area contributed by atoms with E-state index in [1.807, 2.05) is 58.9 Å². The molecule has 6 heteroatoms. The number of methoxy groups -OCH3 is 1. The standard InChI is InChI=1S/C23H26N4O2.2C2H6/c1-16-26-27-21(29-16)14-5-3-4-9-17-10-8-11-18(15-17)22-23(28-2)25-20-13-7-6-12-19(20)24-22;2*1-2/h6-8,10-13,15-16,26H,3-5,9,14H2,1-2H3;2*1-2H3. The Morgan fingerprint density at radius 3 is 2.24 bits per heavy atom. The molecule has 1 aliphatic heterocycles. The van der Waals surface area contributed by atoms with Gasteiger partial charge in [-0.25, -0.2) is 9.97 Å². The molecule has 0 spiro atoms. The molecule has 1 atom stereocenters. The molecule has 0 saturated carbocycles. The van der Waals surface area contributed by atoms with Crippen LogP contribution in [-0.2, 0) is 11.2 Å². The molecule has 0 amide bonds. The minimum Gasteiger partial charge on any atom is -0.479 e. The minimum atomic E-state index is 0.00272. The Hall–Kier alpha value is -3.15. The third-order valence-corrected chi connectivity index (χ3v) is 4.97. The van der Waals surface area contributed by atoms with Gasteiger partial charge in [0, 0.05) is 12.0 Å². The Morgan fingerprint density at radius 1 is 0.879 bits per heavy atom. The summed E-state index contributed by atoms with van der Waals surface area (Å²) in [4.78, 5) is 9.41. The quantitative estimate of drug-likeness (QED) is 0.385. The lowest BCUT2D eigenvalue weighted by atomic mass is 10.0. The second kappa shape index (κ2) is 14.1. The summed E-state index contributed by atoms with van der Waals surface area (Å²) in [7, 11) is 1.64. The van der Waals surface area contributed by atoms with E-state index in [9.17, 15) is 0 Å². The average Bonchev–Trinajstić information content (AvgIpc) is 3.30. The number of hydrogen-bond donors (Lipinski definition) is 1. The Morgan fingerprint density at radius 2 is 1.58 bits per heavy atom. The maximum Gasteiger partial charge on any atom is 0.240 e. The van der Waals surface area contributed by atoms with Crippen LogP contribution in [0.2, 0.25) is 0 Å². The van der Waals surface area contributed by atoms with E-state index in [0.717, 1.165) is 60.3 Å². The SMILES string of the molecule is CC.CC.COc1nc2ccccc2nc1-c1cccc(CCCCCC2=NNC(C)O2)c1. The van der Waals surface area contributed by atoms with Gasteiger partial charge in [0.15, 0.2) is 6.23 Å². The second-order valence-corrected chi connectivity index (χ2v) is 7.23. The molecule has 0 saturated heterocycles. The van der Waals surface area contributed by atoms with Crippen LogP contribution in [0.4, 0.5) is 0 Å². The van der Waals surface area contributed by atoms with Gasteiger partial charge in [0.1, 0.15) is 5.69 Å². The van der Waals surface area contributed by atoms with Crippen molar-refractivity contribution in [3.63, 3.8) is 0 Å². The first-order valence-corrected chi connectivity index (χ1v) is 12.1. The molecule has 0 radical (unpaired) electrons. The predicted octanol–water partition coefficient (Wildman–Crippen LogP) is 6.74. The van der Waals surface area contributed by atoms with Crippen LogP contribution in [0.5, 0.6) is 5.88 Å². The number of rotatable bonds is 8. The number of aromatic nitrogens is 2. The zero-order valence-corrected chi connectivity index (χ0v) is 20.9. The fourth-order valence-electron chi connectivity index (χ4n) is 3.50. The summed E-state index contributed by atoms with van der Waals surface area (Å²) in [6.07, 6.45) is 5.26. The molecule has 4 rings (SSSR count). The number of ether oxygens (including phenoxy) is 2. The van der Waals surface area contributed by atoms with Gasteiger partial charge in [0.05, 0.1) is 18.1 Å². The van der Waals surface area contributed by atoms with Crippen LogP contribution < -0.4 is 10.2 Å². The molecule has 1 aliphatic rings. The van der Waals surface area contributed by atoms with Gasteiger partial charge in [-0.1, -0.05) is 64.4 Å². The molecular weight excluding hydrogens is 412 g/mol. The van der Waals surface area contributed by atoms with Crippen LogP contribution in [-0.4, -0.2) is 29.2 Å². The third kappa shape index (κ3) is 7.45. The zero-order valence-electron chi connectivity index (χ0n) is 20.9. The summed E-state index contributed by atoms with van der Waals surface area (Å²) in [5.41, 5.74) is 7.74. The van der Waals surface area contributed by atoms with E-state index in [1.165, 1.54) is 5.56 Å². The van der Waals surface area contributed by atoms with E-state index in [2.05, 4.69) is 39.8 Å². The van der Waals surface area contributed by atoms with Crippen molar-refractivity contribution in [1.82, 2.24) is 15.4 Å². The van der Waals surface area contributed by atoms with E-state index in [4.69, 9.17) is 14.5 Å². The fourth-order valence-corrected chi connectivity index (χ4v) is 3.50. The summed E-state index contributed by atoms with van der Waals surface area (Å²) in [5, 5.41) is 4.18. The second-order valence-electron chi connectivity index (χ2n) is 7.23. The normalized spacial score (nSPS) is 14.1. The first-order chi connectivity index (χ1) is 16.2. The van der Waals surface area contributed by atoms with Gasteiger partial charge in [0.2, 0.25) is 11.8 Å². The number of hydrogen-bond acceptors (Lipinski definition) is 6. The van der Waals surface area contributed by atoms with Crippen molar-refractivity contribution in [2.75, 3.05) is 7.11 Å². The van der Waals surface area contributed by atoms with Crippen molar-refractivity contribution in [1.29, 1.82) is 0 Å². The van der Waals surface area contributed by atoms with Crippen molar-refractivity contribution in [2.45, 2.75) is 73.0 Å². The number of aryl methyl sites for hydroxylation is 1. The van der Waals surface area contributed by atoms with Crippen LogP contribution in [0.15, 0.2) is 53.6 Å². The number of nitrogens with one attached hydrogen (secondary N) is 1. The van der Waals surface area contributed by atoms with E-state index in [0.29, 0.717) is 5.88 Å². The van der Waals surface area contributed by atoms with Crippen molar-refractivity contribution < 1.29 is 9.47 Å². The summed E-state index contributed by atoms with van der Waals surface area (Å²) in [6.45, 7) is 9.96. The molecular formula is C27H38N4O2. The highest BCUT2D eigenvalue weighted by atomic mass is 16.5. The molecule has 2 heterocycles. The average molecular weight is 451 g/mol. The van der Waals surface area contributed by atoms with Gasteiger partial charge in [-0.05, 0) is 49.9 Å². The van der Waals surface area contributed by atoms with Crippen LogP contribution in [0.1, 0.15) is 65.9 Å². The van der Waals surface area contributed by atoms with Gasteiger partial charge in [-0.3, -0.25) is 5.43 Å². The highest BCUT2D eigenvalue weighted by Gasteiger charge is 2.14. The lowest BCUT2D eigenvalue weighted by Gasteiger charge is -2.10. The molecule has 1 N–H and O–H groups in total. The summed E-state index contributed by atoms with van der Waals surface area (Å²) in [6, 6.07) is 16.4. The maximum atomic E-state index is 5.56. The molecule has 2 aromatic carbocycles. The first kappa shape index (κ1) is 26.1. The molecule has 0 fully saturated rings.